The predicted molar refractivity (Wildman–Crippen MR) is 93.4 cm³/mol. The van der Waals surface area contributed by atoms with Crippen LogP contribution in [0.4, 0.5) is 0 Å². The SMILES string of the molecule is COc1ccc(OC)c(/C=C/C(=O)NCCc2ccc(O)cc2)c1. The maximum Gasteiger partial charge on any atom is 0.244 e. The second kappa shape index (κ2) is 8.62. The summed E-state index contributed by atoms with van der Waals surface area (Å²) in [4.78, 5) is 11.9. The summed E-state index contributed by atoms with van der Waals surface area (Å²) >= 11 is 0. The van der Waals surface area contributed by atoms with Gasteiger partial charge in [-0.15, -0.1) is 0 Å². The summed E-state index contributed by atoms with van der Waals surface area (Å²) in [6.07, 6.45) is 3.85. The highest BCUT2D eigenvalue weighted by atomic mass is 16.5. The minimum atomic E-state index is -0.182. The number of carbonyl (C=O) groups excluding carboxylic acids is 1. The van der Waals surface area contributed by atoms with Crippen LogP contribution >= 0.6 is 0 Å². The first-order valence-electron chi connectivity index (χ1n) is 7.58. The first kappa shape index (κ1) is 17.4. The normalized spacial score (nSPS) is 10.6. The minimum absolute atomic E-state index is 0.182. The number of nitrogens with one attached hydrogen (secondary N) is 1. The number of phenolic OH excluding ortho intramolecular Hbond substituents is 1. The van der Waals surface area contributed by atoms with Gasteiger partial charge in [0.2, 0.25) is 5.91 Å². The van der Waals surface area contributed by atoms with Crippen molar-refractivity contribution in [3.05, 3.63) is 59.7 Å². The third kappa shape index (κ3) is 5.05. The zero-order valence-electron chi connectivity index (χ0n) is 13.8. The van der Waals surface area contributed by atoms with Crippen LogP contribution in [0.5, 0.6) is 17.2 Å². The summed E-state index contributed by atoms with van der Waals surface area (Å²) in [5.41, 5.74) is 1.82. The minimum Gasteiger partial charge on any atom is -0.508 e. The Bertz CT molecular complexity index is 708. The van der Waals surface area contributed by atoms with Gasteiger partial charge in [-0.3, -0.25) is 4.79 Å². The molecule has 0 aliphatic carbocycles. The molecule has 2 aromatic carbocycles. The van der Waals surface area contributed by atoms with Crippen LogP contribution in [0.3, 0.4) is 0 Å². The van der Waals surface area contributed by atoms with E-state index in [4.69, 9.17) is 9.47 Å². The number of methoxy groups -OCH3 is 2. The van der Waals surface area contributed by atoms with Crippen LogP contribution in [0, 0.1) is 0 Å². The fraction of sp³-hybridized carbons (Fsp3) is 0.211. The Kier molecular flexibility index (Phi) is 6.25. The monoisotopic (exact) mass is 327 g/mol. The van der Waals surface area contributed by atoms with Gasteiger partial charge in [-0.25, -0.2) is 0 Å². The number of ether oxygens (including phenoxy) is 2. The summed E-state index contributed by atoms with van der Waals surface area (Å²) in [5.74, 6) is 1.42. The molecular formula is C19H21NO4. The molecule has 0 bridgehead atoms. The van der Waals surface area contributed by atoms with Crippen molar-refractivity contribution in [2.24, 2.45) is 0 Å². The van der Waals surface area contributed by atoms with Crippen molar-refractivity contribution in [3.8, 4) is 17.2 Å². The first-order chi connectivity index (χ1) is 11.6. The molecule has 0 heterocycles. The second-order valence-electron chi connectivity index (χ2n) is 5.15. The number of benzene rings is 2. The van der Waals surface area contributed by atoms with Gasteiger partial charge < -0.3 is 19.9 Å². The predicted octanol–water partition coefficient (Wildman–Crippen LogP) is 2.78. The van der Waals surface area contributed by atoms with Gasteiger partial charge in [-0.1, -0.05) is 12.1 Å². The van der Waals surface area contributed by atoms with E-state index in [1.54, 1.807) is 50.6 Å². The number of hydrogen-bond acceptors (Lipinski definition) is 4. The molecule has 2 rings (SSSR count). The first-order valence-corrected chi connectivity index (χ1v) is 7.58. The number of rotatable bonds is 7. The molecule has 5 heteroatoms. The topological polar surface area (TPSA) is 67.8 Å². The van der Waals surface area contributed by atoms with E-state index in [9.17, 15) is 9.90 Å². The maximum atomic E-state index is 11.9. The molecule has 0 spiro atoms. The quantitative estimate of drug-likeness (QED) is 0.767. The zero-order valence-corrected chi connectivity index (χ0v) is 13.8. The third-order valence-electron chi connectivity index (χ3n) is 3.50. The Hall–Kier alpha value is -2.95. The van der Waals surface area contributed by atoms with Gasteiger partial charge in [0.1, 0.15) is 17.2 Å². The highest BCUT2D eigenvalue weighted by Gasteiger charge is 2.03. The number of phenols is 1. The molecule has 126 valence electrons. The van der Waals surface area contributed by atoms with E-state index in [-0.39, 0.29) is 11.7 Å². The summed E-state index contributed by atoms with van der Waals surface area (Å²) in [6, 6.07) is 12.3. The molecule has 0 fully saturated rings. The molecule has 24 heavy (non-hydrogen) atoms. The van der Waals surface area contributed by atoms with Gasteiger partial charge >= 0.3 is 0 Å². The van der Waals surface area contributed by atoms with Gasteiger partial charge in [0, 0.05) is 18.2 Å². The van der Waals surface area contributed by atoms with Crippen LogP contribution in [0.25, 0.3) is 6.08 Å². The molecular weight excluding hydrogens is 306 g/mol. The fourth-order valence-corrected chi connectivity index (χ4v) is 2.19. The van der Waals surface area contributed by atoms with E-state index < -0.39 is 0 Å². The van der Waals surface area contributed by atoms with Gasteiger partial charge in [0.25, 0.3) is 0 Å². The molecule has 0 aliphatic heterocycles. The molecule has 0 saturated carbocycles. The third-order valence-corrected chi connectivity index (χ3v) is 3.50. The molecule has 2 N–H and O–H groups in total. The average molecular weight is 327 g/mol. The number of hydrogen-bond donors (Lipinski definition) is 2. The lowest BCUT2D eigenvalue weighted by molar-refractivity contribution is -0.116. The van der Waals surface area contributed by atoms with E-state index in [2.05, 4.69) is 5.32 Å². The Morgan fingerprint density at radius 1 is 1.12 bits per heavy atom. The highest BCUT2D eigenvalue weighted by Crippen LogP contribution is 2.24. The number of aromatic hydroxyl groups is 1. The Morgan fingerprint density at radius 2 is 1.88 bits per heavy atom. The molecule has 1 amide bonds. The molecule has 0 unspecified atom stereocenters. The van der Waals surface area contributed by atoms with Crippen molar-refractivity contribution in [2.45, 2.75) is 6.42 Å². The molecule has 0 aliphatic rings. The standard InChI is InChI=1S/C19H21NO4/c1-23-17-8-9-18(24-2)15(13-17)5-10-19(22)20-12-11-14-3-6-16(21)7-4-14/h3-10,13,21H,11-12H2,1-2H3,(H,20,22)/b10-5+. The summed E-state index contributed by atoms with van der Waals surface area (Å²) in [7, 11) is 3.17. The van der Waals surface area contributed by atoms with Crippen LogP contribution in [-0.2, 0) is 11.2 Å². The number of amides is 1. The zero-order chi connectivity index (χ0) is 17.4. The Balaban J connectivity index is 1.89. The van der Waals surface area contributed by atoms with Gasteiger partial charge in [0.15, 0.2) is 0 Å². The van der Waals surface area contributed by atoms with Crippen LogP contribution < -0.4 is 14.8 Å². The van der Waals surface area contributed by atoms with Crippen molar-refractivity contribution < 1.29 is 19.4 Å². The summed E-state index contributed by atoms with van der Waals surface area (Å²) in [6.45, 7) is 0.517. The molecule has 0 saturated heterocycles. The molecule has 2 aromatic rings. The van der Waals surface area contributed by atoms with Crippen molar-refractivity contribution in [1.29, 1.82) is 0 Å². The van der Waals surface area contributed by atoms with Crippen LogP contribution in [0.2, 0.25) is 0 Å². The van der Waals surface area contributed by atoms with E-state index >= 15 is 0 Å². The van der Waals surface area contributed by atoms with Crippen molar-refractivity contribution in [3.63, 3.8) is 0 Å². The van der Waals surface area contributed by atoms with E-state index in [1.807, 2.05) is 12.1 Å². The molecule has 0 atom stereocenters. The lowest BCUT2D eigenvalue weighted by Gasteiger charge is -2.07. The van der Waals surface area contributed by atoms with Crippen molar-refractivity contribution in [1.82, 2.24) is 5.32 Å². The van der Waals surface area contributed by atoms with Gasteiger partial charge in [0.05, 0.1) is 14.2 Å². The fourth-order valence-electron chi connectivity index (χ4n) is 2.19. The van der Waals surface area contributed by atoms with Gasteiger partial charge in [-0.05, 0) is 48.4 Å². The molecule has 5 nitrogen and oxygen atoms in total. The van der Waals surface area contributed by atoms with Crippen LogP contribution in [-0.4, -0.2) is 31.8 Å². The van der Waals surface area contributed by atoms with Crippen LogP contribution in [0.1, 0.15) is 11.1 Å². The second-order valence-corrected chi connectivity index (χ2v) is 5.15. The van der Waals surface area contributed by atoms with E-state index in [0.717, 1.165) is 11.1 Å². The lowest BCUT2D eigenvalue weighted by Crippen LogP contribution is -2.23. The average Bonchev–Trinajstić information content (AvgIpc) is 2.61. The van der Waals surface area contributed by atoms with Crippen molar-refractivity contribution in [2.75, 3.05) is 20.8 Å². The van der Waals surface area contributed by atoms with E-state index in [1.165, 1.54) is 6.08 Å². The van der Waals surface area contributed by atoms with Crippen LogP contribution in [0.15, 0.2) is 48.5 Å². The largest absolute Gasteiger partial charge is 0.508 e. The molecule has 0 aromatic heterocycles. The number of carbonyl (C=O) groups is 1. The maximum absolute atomic E-state index is 11.9. The smallest absolute Gasteiger partial charge is 0.244 e. The molecule has 0 radical (unpaired) electrons. The highest BCUT2D eigenvalue weighted by molar-refractivity contribution is 5.92. The van der Waals surface area contributed by atoms with Gasteiger partial charge in [-0.2, -0.15) is 0 Å². The summed E-state index contributed by atoms with van der Waals surface area (Å²) < 4.78 is 10.4. The Morgan fingerprint density at radius 3 is 2.54 bits per heavy atom. The summed E-state index contributed by atoms with van der Waals surface area (Å²) in [5, 5.41) is 12.1. The Labute approximate surface area is 141 Å². The lowest BCUT2D eigenvalue weighted by atomic mass is 10.1. The van der Waals surface area contributed by atoms with Crippen molar-refractivity contribution >= 4 is 12.0 Å². The van der Waals surface area contributed by atoms with E-state index in [0.29, 0.717) is 24.5 Å².